The molecule has 1 amide bonds. The van der Waals surface area contributed by atoms with Gasteiger partial charge in [0.1, 0.15) is 12.1 Å². The molecular weight excluding hydrogens is 330 g/mol. The van der Waals surface area contributed by atoms with Gasteiger partial charge in [-0.2, -0.15) is 0 Å². The molecule has 0 atom stereocenters. The predicted octanol–water partition coefficient (Wildman–Crippen LogP) is 3.54. The molecule has 0 bridgehead atoms. The molecule has 1 aliphatic rings. The van der Waals surface area contributed by atoms with Gasteiger partial charge in [-0.3, -0.25) is 9.36 Å². The van der Waals surface area contributed by atoms with Crippen molar-refractivity contribution < 1.29 is 9.32 Å². The normalized spacial score (nSPS) is 13.8. The molecule has 5 rings (SSSR count). The molecule has 0 aliphatic heterocycles. The SMILES string of the molecule is O=C(Nc1ccc(-n2cnc3ccccc32)nc1)c1cc(C2CC2)no1. The number of amides is 1. The van der Waals surface area contributed by atoms with E-state index in [-0.39, 0.29) is 11.7 Å². The minimum Gasteiger partial charge on any atom is -0.351 e. The summed E-state index contributed by atoms with van der Waals surface area (Å²) in [5.74, 6) is 1.07. The molecular formula is C19H15N5O2. The van der Waals surface area contributed by atoms with Crippen molar-refractivity contribution in [3.8, 4) is 5.82 Å². The largest absolute Gasteiger partial charge is 0.351 e. The fraction of sp³-hybridized carbons (Fsp3) is 0.158. The van der Waals surface area contributed by atoms with Gasteiger partial charge in [-0.25, -0.2) is 9.97 Å². The Kier molecular flexibility index (Phi) is 3.31. The van der Waals surface area contributed by atoms with Crippen molar-refractivity contribution in [2.45, 2.75) is 18.8 Å². The number of aromatic nitrogens is 4. The number of para-hydroxylation sites is 2. The number of carbonyl (C=O) groups is 1. The minimum absolute atomic E-state index is 0.219. The zero-order valence-corrected chi connectivity index (χ0v) is 13.8. The zero-order chi connectivity index (χ0) is 17.5. The van der Waals surface area contributed by atoms with Crippen LogP contribution in [0.1, 0.15) is 35.0 Å². The average molecular weight is 345 g/mol. The van der Waals surface area contributed by atoms with Crippen LogP contribution in [0.25, 0.3) is 16.9 Å². The maximum Gasteiger partial charge on any atom is 0.294 e. The van der Waals surface area contributed by atoms with Crippen LogP contribution in [0.2, 0.25) is 0 Å². The lowest BCUT2D eigenvalue weighted by atomic mass is 10.2. The van der Waals surface area contributed by atoms with Gasteiger partial charge < -0.3 is 9.84 Å². The molecule has 7 nitrogen and oxygen atoms in total. The number of nitrogens with zero attached hydrogens (tertiary/aromatic N) is 4. The lowest BCUT2D eigenvalue weighted by molar-refractivity contribution is 0.0988. The molecule has 4 aromatic rings. The number of fused-ring (bicyclic) bond motifs is 1. The Morgan fingerprint density at radius 2 is 2.04 bits per heavy atom. The first-order valence-electron chi connectivity index (χ1n) is 8.44. The van der Waals surface area contributed by atoms with Gasteiger partial charge in [0.05, 0.1) is 28.6 Å². The van der Waals surface area contributed by atoms with Crippen LogP contribution in [0.3, 0.4) is 0 Å². The summed E-state index contributed by atoms with van der Waals surface area (Å²) in [7, 11) is 0. The van der Waals surface area contributed by atoms with E-state index in [1.165, 1.54) is 0 Å². The van der Waals surface area contributed by atoms with Gasteiger partial charge in [-0.1, -0.05) is 17.3 Å². The van der Waals surface area contributed by atoms with E-state index in [0.29, 0.717) is 11.6 Å². The van der Waals surface area contributed by atoms with Gasteiger partial charge in [-0.15, -0.1) is 0 Å². The first-order chi connectivity index (χ1) is 12.8. The summed E-state index contributed by atoms with van der Waals surface area (Å²) in [6.07, 6.45) is 5.57. The monoisotopic (exact) mass is 345 g/mol. The zero-order valence-electron chi connectivity index (χ0n) is 13.8. The highest BCUT2D eigenvalue weighted by molar-refractivity contribution is 6.02. The van der Waals surface area contributed by atoms with Gasteiger partial charge in [0.15, 0.2) is 0 Å². The molecule has 7 heteroatoms. The molecule has 1 saturated carbocycles. The second kappa shape index (κ2) is 5.80. The van der Waals surface area contributed by atoms with E-state index in [9.17, 15) is 4.79 Å². The van der Waals surface area contributed by atoms with Crippen LogP contribution in [-0.4, -0.2) is 25.6 Å². The topological polar surface area (TPSA) is 85.8 Å². The molecule has 1 aliphatic carbocycles. The van der Waals surface area contributed by atoms with Crippen LogP contribution in [0.15, 0.2) is 59.5 Å². The number of benzene rings is 1. The standard InChI is InChI=1S/C19H15N5O2/c25-19(17-9-15(23-26-17)12-5-6-12)22-13-7-8-18(20-10-13)24-11-21-14-3-1-2-4-16(14)24/h1-4,7-12H,5-6H2,(H,22,25). The van der Waals surface area contributed by atoms with E-state index < -0.39 is 0 Å². The van der Waals surface area contributed by atoms with Crippen molar-refractivity contribution in [2.24, 2.45) is 0 Å². The molecule has 26 heavy (non-hydrogen) atoms. The highest BCUT2D eigenvalue weighted by atomic mass is 16.5. The van der Waals surface area contributed by atoms with E-state index in [0.717, 1.165) is 35.4 Å². The van der Waals surface area contributed by atoms with Crippen molar-refractivity contribution in [1.82, 2.24) is 19.7 Å². The summed E-state index contributed by atoms with van der Waals surface area (Å²) < 4.78 is 7.04. The van der Waals surface area contributed by atoms with Gasteiger partial charge in [0, 0.05) is 12.0 Å². The summed E-state index contributed by atoms with van der Waals surface area (Å²) in [5, 5.41) is 6.74. The molecule has 3 heterocycles. The smallest absolute Gasteiger partial charge is 0.294 e. The van der Waals surface area contributed by atoms with Crippen LogP contribution >= 0.6 is 0 Å². The Hall–Kier alpha value is -3.48. The number of nitrogens with one attached hydrogen (secondary N) is 1. The van der Waals surface area contributed by atoms with Crippen molar-refractivity contribution in [2.75, 3.05) is 5.32 Å². The van der Waals surface area contributed by atoms with Crippen molar-refractivity contribution in [1.29, 1.82) is 0 Å². The Bertz CT molecular complexity index is 1090. The maximum absolute atomic E-state index is 12.3. The van der Waals surface area contributed by atoms with E-state index in [1.807, 2.05) is 34.9 Å². The highest BCUT2D eigenvalue weighted by Crippen LogP contribution is 2.39. The number of hydrogen-bond acceptors (Lipinski definition) is 5. The van der Waals surface area contributed by atoms with Crippen LogP contribution in [0.5, 0.6) is 0 Å². The number of hydrogen-bond donors (Lipinski definition) is 1. The number of rotatable bonds is 4. The van der Waals surface area contributed by atoms with Crippen molar-refractivity contribution in [3.05, 3.63) is 66.4 Å². The van der Waals surface area contributed by atoms with E-state index in [2.05, 4.69) is 20.4 Å². The molecule has 0 spiro atoms. The lowest BCUT2D eigenvalue weighted by Gasteiger charge is -2.06. The van der Waals surface area contributed by atoms with E-state index in [4.69, 9.17) is 4.52 Å². The Morgan fingerprint density at radius 1 is 1.15 bits per heavy atom. The number of anilines is 1. The first kappa shape index (κ1) is 14.8. The second-order valence-corrected chi connectivity index (χ2v) is 6.35. The third kappa shape index (κ3) is 2.63. The van der Waals surface area contributed by atoms with Crippen LogP contribution < -0.4 is 5.32 Å². The Morgan fingerprint density at radius 3 is 2.85 bits per heavy atom. The van der Waals surface area contributed by atoms with Crippen LogP contribution in [-0.2, 0) is 0 Å². The molecule has 1 aromatic carbocycles. The maximum atomic E-state index is 12.3. The minimum atomic E-state index is -0.327. The van der Waals surface area contributed by atoms with Crippen molar-refractivity contribution >= 4 is 22.6 Å². The van der Waals surface area contributed by atoms with Gasteiger partial charge in [-0.05, 0) is 37.1 Å². The number of pyridine rings is 1. The van der Waals surface area contributed by atoms with Gasteiger partial charge in [0.2, 0.25) is 5.76 Å². The molecule has 0 saturated heterocycles. The molecule has 1 fully saturated rings. The molecule has 1 N–H and O–H groups in total. The Labute approximate surface area is 148 Å². The predicted molar refractivity (Wildman–Crippen MR) is 95.3 cm³/mol. The van der Waals surface area contributed by atoms with E-state index >= 15 is 0 Å². The third-order valence-electron chi connectivity index (χ3n) is 4.45. The van der Waals surface area contributed by atoms with Crippen molar-refractivity contribution in [3.63, 3.8) is 0 Å². The summed E-state index contributed by atoms with van der Waals surface area (Å²) in [4.78, 5) is 21.1. The number of carbonyl (C=O) groups excluding carboxylic acids is 1. The summed E-state index contributed by atoms with van der Waals surface area (Å²) in [6, 6.07) is 13.2. The Balaban J connectivity index is 1.35. The number of imidazole rings is 1. The first-order valence-corrected chi connectivity index (χ1v) is 8.44. The fourth-order valence-electron chi connectivity index (χ4n) is 2.90. The molecule has 3 aromatic heterocycles. The second-order valence-electron chi connectivity index (χ2n) is 6.35. The molecule has 0 unspecified atom stereocenters. The molecule has 128 valence electrons. The quantitative estimate of drug-likeness (QED) is 0.611. The van der Waals surface area contributed by atoms with Gasteiger partial charge in [0.25, 0.3) is 5.91 Å². The van der Waals surface area contributed by atoms with E-state index in [1.54, 1.807) is 24.7 Å². The third-order valence-corrected chi connectivity index (χ3v) is 4.45. The van der Waals surface area contributed by atoms with Crippen LogP contribution in [0, 0.1) is 0 Å². The van der Waals surface area contributed by atoms with Crippen LogP contribution in [0.4, 0.5) is 5.69 Å². The summed E-state index contributed by atoms with van der Waals surface area (Å²) >= 11 is 0. The molecule has 0 radical (unpaired) electrons. The lowest BCUT2D eigenvalue weighted by Crippen LogP contribution is -2.11. The average Bonchev–Trinajstić information content (AvgIpc) is 3.24. The van der Waals surface area contributed by atoms with Gasteiger partial charge >= 0.3 is 0 Å². The fourth-order valence-corrected chi connectivity index (χ4v) is 2.90. The summed E-state index contributed by atoms with van der Waals surface area (Å²) in [6.45, 7) is 0. The summed E-state index contributed by atoms with van der Waals surface area (Å²) in [5.41, 5.74) is 3.33. The highest BCUT2D eigenvalue weighted by Gasteiger charge is 2.28.